The molecule has 1 aliphatic heterocycles. The molecule has 5 heteroatoms. The number of rotatable bonds is 5. The lowest BCUT2D eigenvalue weighted by Gasteiger charge is -2.26. The Morgan fingerprint density at radius 2 is 1.71 bits per heavy atom. The first-order valence-corrected chi connectivity index (χ1v) is 11.2. The largest absolute Gasteiger partial charge is 0.348 e. The van der Waals surface area contributed by atoms with Crippen LogP contribution in [0.15, 0.2) is 54.6 Å². The van der Waals surface area contributed by atoms with Gasteiger partial charge in [0.15, 0.2) is 0 Å². The highest BCUT2D eigenvalue weighted by molar-refractivity contribution is 6.06. The number of piperidine rings is 1. The highest BCUT2D eigenvalue weighted by atomic mass is 16.2. The molecule has 0 atom stereocenters. The molecule has 158 valence electrons. The number of hydrogen-bond acceptors (Lipinski definition) is 3. The molecule has 2 amide bonds. The number of aromatic nitrogens is 1. The van der Waals surface area contributed by atoms with E-state index >= 15 is 0 Å². The van der Waals surface area contributed by atoms with E-state index in [4.69, 9.17) is 4.98 Å². The number of nitrogens with one attached hydrogen (secondary N) is 1. The predicted molar refractivity (Wildman–Crippen MR) is 121 cm³/mol. The van der Waals surface area contributed by atoms with Crippen LogP contribution in [0.5, 0.6) is 0 Å². The van der Waals surface area contributed by atoms with Crippen molar-refractivity contribution in [2.24, 2.45) is 0 Å². The van der Waals surface area contributed by atoms with Crippen molar-refractivity contribution in [3.63, 3.8) is 0 Å². The summed E-state index contributed by atoms with van der Waals surface area (Å²) in [6, 6.07) is 17.4. The summed E-state index contributed by atoms with van der Waals surface area (Å²) in [7, 11) is 0. The van der Waals surface area contributed by atoms with Gasteiger partial charge in [-0.2, -0.15) is 0 Å². The van der Waals surface area contributed by atoms with Crippen LogP contribution in [0.4, 0.5) is 0 Å². The molecule has 2 heterocycles. The second-order valence-corrected chi connectivity index (χ2v) is 8.62. The summed E-state index contributed by atoms with van der Waals surface area (Å²) in [5.74, 6) is 0.501. The molecule has 0 spiro atoms. The smallest absolute Gasteiger partial charge is 0.253 e. The first-order valence-electron chi connectivity index (χ1n) is 11.2. The highest BCUT2D eigenvalue weighted by Crippen LogP contribution is 2.40. The van der Waals surface area contributed by atoms with Gasteiger partial charge in [-0.15, -0.1) is 0 Å². The zero-order valence-electron chi connectivity index (χ0n) is 17.6. The Hall–Kier alpha value is -3.21. The Bertz CT molecular complexity index is 1110. The molecular weight excluding hydrogens is 386 g/mol. The van der Waals surface area contributed by atoms with E-state index in [1.54, 1.807) is 0 Å². The fourth-order valence-corrected chi connectivity index (χ4v) is 4.29. The number of likely N-dealkylation sites (tertiary alicyclic amines) is 1. The number of para-hydroxylation sites is 1. The Balaban J connectivity index is 1.28. The van der Waals surface area contributed by atoms with Gasteiger partial charge in [0.2, 0.25) is 0 Å². The van der Waals surface area contributed by atoms with Gasteiger partial charge in [0.25, 0.3) is 11.8 Å². The van der Waals surface area contributed by atoms with Gasteiger partial charge in [0.1, 0.15) is 0 Å². The van der Waals surface area contributed by atoms with Crippen LogP contribution in [0.1, 0.15) is 70.0 Å². The van der Waals surface area contributed by atoms with Gasteiger partial charge in [-0.1, -0.05) is 30.3 Å². The van der Waals surface area contributed by atoms with E-state index < -0.39 is 0 Å². The summed E-state index contributed by atoms with van der Waals surface area (Å²) < 4.78 is 0. The Morgan fingerprint density at radius 1 is 0.968 bits per heavy atom. The van der Waals surface area contributed by atoms with Crippen molar-refractivity contribution < 1.29 is 9.59 Å². The number of hydrogen-bond donors (Lipinski definition) is 1. The van der Waals surface area contributed by atoms with Gasteiger partial charge >= 0.3 is 0 Å². The molecule has 1 saturated carbocycles. The number of amides is 2. The third-order valence-corrected chi connectivity index (χ3v) is 6.27. The van der Waals surface area contributed by atoms with E-state index in [1.807, 2.05) is 59.5 Å². The summed E-state index contributed by atoms with van der Waals surface area (Å²) in [5, 5.41) is 3.93. The average Bonchev–Trinajstić information content (AvgIpc) is 3.68. The van der Waals surface area contributed by atoms with Crippen LogP contribution in [0.3, 0.4) is 0 Å². The maximum Gasteiger partial charge on any atom is 0.253 e. The van der Waals surface area contributed by atoms with Gasteiger partial charge in [0.05, 0.1) is 11.1 Å². The fourth-order valence-electron chi connectivity index (χ4n) is 4.29. The van der Waals surface area contributed by atoms with Gasteiger partial charge < -0.3 is 10.2 Å². The Morgan fingerprint density at radius 3 is 2.45 bits per heavy atom. The Kier molecular flexibility index (Phi) is 5.41. The van der Waals surface area contributed by atoms with Gasteiger partial charge in [-0.25, -0.2) is 0 Å². The molecule has 0 unspecified atom stereocenters. The molecular formula is C26H27N3O2. The van der Waals surface area contributed by atoms with Crippen LogP contribution in [0.25, 0.3) is 10.9 Å². The lowest BCUT2D eigenvalue weighted by Crippen LogP contribution is -2.35. The zero-order chi connectivity index (χ0) is 21.2. The van der Waals surface area contributed by atoms with Crippen molar-refractivity contribution in [2.75, 3.05) is 13.1 Å². The summed E-state index contributed by atoms with van der Waals surface area (Å²) in [6.45, 7) is 2.12. The summed E-state index contributed by atoms with van der Waals surface area (Å²) in [4.78, 5) is 32.3. The maximum absolute atomic E-state index is 13.0. The monoisotopic (exact) mass is 413 g/mol. The third kappa shape index (κ3) is 4.31. The number of pyridine rings is 1. The molecule has 0 radical (unpaired) electrons. The van der Waals surface area contributed by atoms with Crippen molar-refractivity contribution in [3.05, 3.63) is 77.0 Å². The van der Waals surface area contributed by atoms with Crippen LogP contribution in [-0.2, 0) is 6.54 Å². The standard InChI is InChI=1S/C26H27N3O2/c30-25(22-16-24(19-12-13-19)28-23-7-3-2-6-21(22)23)27-17-18-8-10-20(11-9-18)26(31)29-14-4-1-5-15-29/h2-3,6-11,16,19H,1,4-5,12-15,17H2,(H,27,30). The van der Waals surface area contributed by atoms with Crippen LogP contribution in [0.2, 0.25) is 0 Å². The average molecular weight is 414 g/mol. The summed E-state index contributed by atoms with van der Waals surface area (Å²) in [6.07, 6.45) is 5.67. The molecule has 2 aromatic carbocycles. The summed E-state index contributed by atoms with van der Waals surface area (Å²) >= 11 is 0. The van der Waals surface area contributed by atoms with E-state index in [0.29, 0.717) is 23.6 Å². The van der Waals surface area contributed by atoms with Crippen molar-refractivity contribution in [1.82, 2.24) is 15.2 Å². The topological polar surface area (TPSA) is 62.3 Å². The fraction of sp³-hybridized carbons (Fsp3) is 0.346. The van der Waals surface area contributed by atoms with Crippen LogP contribution in [0, 0.1) is 0 Å². The molecule has 2 aliphatic rings. The SMILES string of the molecule is O=C(NCc1ccc(C(=O)N2CCCCC2)cc1)c1cc(C2CC2)nc2ccccc12. The van der Waals surface area contributed by atoms with E-state index in [9.17, 15) is 9.59 Å². The molecule has 3 aromatic rings. The molecule has 5 rings (SSSR count). The minimum absolute atomic E-state index is 0.0889. The van der Waals surface area contributed by atoms with Crippen molar-refractivity contribution in [1.29, 1.82) is 0 Å². The van der Waals surface area contributed by atoms with Gasteiger partial charge in [-0.3, -0.25) is 14.6 Å². The number of benzene rings is 2. The van der Waals surface area contributed by atoms with Crippen LogP contribution >= 0.6 is 0 Å². The molecule has 1 saturated heterocycles. The second kappa shape index (κ2) is 8.50. The maximum atomic E-state index is 13.0. The molecule has 1 aromatic heterocycles. The molecule has 5 nitrogen and oxygen atoms in total. The molecule has 1 aliphatic carbocycles. The number of carbonyl (C=O) groups excluding carboxylic acids is 2. The van der Waals surface area contributed by atoms with Gasteiger partial charge in [0, 0.05) is 42.2 Å². The lowest BCUT2D eigenvalue weighted by atomic mass is 10.0. The predicted octanol–water partition coefficient (Wildman–Crippen LogP) is 4.67. The van der Waals surface area contributed by atoms with Crippen molar-refractivity contribution >= 4 is 22.7 Å². The molecule has 31 heavy (non-hydrogen) atoms. The van der Waals surface area contributed by atoms with E-state index in [-0.39, 0.29) is 11.8 Å². The van der Waals surface area contributed by atoms with E-state index in [1.165, 1.54) is 6.42 Å². The van der Waals surface area contributed by atoms with E-state index in [0.717, 1.165) is 60.9 Å². The van der Waals surface area contributed by atoms with Crippen LogP contribution in [-0.4, -0.2) is 34.8 Å². The minimum Gasteiger partial charge on any atom is -0.348 e. The zero-order valence-corrected chi connectivity index (χ0v) is 17.6. The number of nitrogens with zero attached hydrogens (tertiary/aromatic N) is 2. The first kappa shape index (κ1) is 19.7. The first-order chi connectivity index (χ1) is 15.2. The van der Waals surface area contributed by atoms with Crippen LogP contribution < -0.4 is 5.32 Å². The quantitative estimate of drug-likeness (QED) is 0.661. The number of carbonyl (C=O) groups is 2. The molecule has 1 N–H and O–H groups in total. The van der Waals surface area contributed by atoms with Crippen molar-refractivity contribution in [3.8, 4) is 0 Å². The van der Waals surface area contributed by atoms with Crippen molar-refractivity contribution in [2.45, 2.75) is 44.6 Å². The lowest BCUT2D eigenvalue weighted by molar-refractivity contribution is 0.0724. The number of fused-ring (bicyclic) bond motifs is 1. The Labute approximate surface area is 182 Å². The molecule has 0 bridgehead atoms. The summed E-state index contributed by atoms with van der Waals surface area (Å²) in [5.41, 5.74) is 4.27. The second-order valence-electron chi connectivity index (χ2n) is 8.62. The highest BCUT2D eigenvalue weighted by Gasteiger charge is 2.27. The third-order valence-electron chi connectivity index (χ3n) is 6.27. The minimum atomic E-state index is -0.0889. The van der Waals surface area contributed by atoms with E-state index in [2.05, 4.69) is 5.32 Å². The normalized spacial score (nSPS) is 16.3. The molecule has 2 fully saturated rings. The van der Waals surface area contributed by atoms with Gasteiger partial charge in [-0.05, 0) is 61.9 Å².